The number of benzene rings is 7. The van der Waals surface area contributed by atoms with Crippen LogP contribution in [0.4, 0.5) is 0 Å². The molecule has 1 aliphatic rings. The fourth-order valence-electron chi connectivity index (χ4n) is 8.44. The number of hydrogen-bond acceptors (Lipinski definition) is 2. The maximum Gasteiger partial charge on any atom is 0.138 e. The van der Waals surface area contributed by atoms with E-state index in [1.54, 1.807) is 0 Å². The van der Waals surface area contributed by atoms with Crippen LogP contribution in [0.1, 0.15) is 11.6 Å². The molecule has 11 rings (SSSR count). The van der Waals surface area contributed by atoms with Gasteiger partial charge < -0.3 is 5.32 Å². The summed E-state index contributed by atoms with van der Waals surface area (Å²) < 4.78 is 4.74. The number of fused-ring (bicyclic) bond motifs is 8. The molecule has 52 heavy (non-hydrogen) atoms. The monoisotopic (exact) mass is 664 g/mol. The lowest BCUT2D eigenvalue weighted by atomic mass is 9.97. The van der Waals surface area contributed by atoms with E-state index in [4.69, 9.17) is 4.98 Å². The second kappa shape index (κ2) is 11.3. The fourth-order valence-corrected chi connectivity index (χ4v) is 8.44. The van der Waals surface area contributed by atoms with Gasteiger partial charge in [0.1, 0.15) is 11.6 Å². The minimum Gasteiger partial charge on any atom is -0.361 e. The molecule has 1 aliphatic heterocycles. The number of para-hydroxylation sites is 2. The molecular weight excluding hydrogens is 633 g/mol. The molecule has 0 spiro atoms. The molecule has 10 aromatic rings. The second-order valence-corrected chi connectivity index (χ2v) is 13.6. The molecule has 0 amide bonds. The van der Waals surface area contributed by atoms with E-state index in [-0.39, 0.29) is 6.04 Å². The molecule has 1 atom stereocenters. The van der Waals surface area contributed by atoms with Crippen LogP contribution in [0.3, 0.4) is 0 Å². The van der Waals surface area contributed by atoms with Crippen molar-refractivity contribution in [3.63, 3.8) is 0 Å². The Kier molecular flexibility index (Phi) is 6.28. The molecule has 244 valence electrons. The quantitative estimate of drug-likeness (QED) is 0.203. The minimum absolute atomic E-state index is 0.0352. The Bertz CT molecular complexity index is 3110. The zero-order valence-corrected chi connectivity index (χ0v) is 28.2. The third-order valence-corrected chi connectivity index (χ3v) is 10.8. The van der Waals surface area contributed by atoms with Crippen molar-refractivity contribution in [1.29, 1.82) is 0 Å². The normalized spacial score (nSPS) is 14.5. The van der Waals surface area contributed by atoms with Gasteiger partial charge in [-0.25, -0.2) is 4.98 Å². The standard InChI is InChI=1S/C48H32N4/c1-3-17-33-31(13-1)15-9-21-35(33)41-23-11-27-47(49-41)51-43-25-7-5-19-37(43)39-30-46-40(29-45(39)51)38-20-6-8-26-44(38)52(46)48-28-12-24-42(50-48)36-22-10-16-32-14-2-4-18-34(32)36/h1-30,41,49H. The Morgan fingerprint density at radius 2 is 1.04 bits per heavy atom. The molecule has 0 aliphatic carbocycles. The molecule has 4 heteroatoms. The van der Waals surface area contributed by atoms with Crippen molar-refractivity contribution in [2.24, 2.45) is 0 Å². The first kappa shape index (κ1) is 28.9. The lowest BCUT2D eigenvalue weighted by Gasteiger charge is -2.25. The number of pyridine rings is 1. The van der Waals surface area contributed by atoms with Gasteiger partial charge in [-0.05, 0) is 69.6 Å². The lowest BCUT2D eigenvalue weighted by molar-refractivity contribution is 0.741. The third-order valence-electron chi connectivity index (χ3n) is 10.8. The zero-order chi connectivity index (χ0) is 34.2. The van der Waals surface area contributed by atoms with E-state index in [1.165, 1.54) is 59.7 Å². The summed E-state index contributed by atoms with van der Waals surface area (Å²) in [5, 5.41) is 13.7. The van der Waals surface area contributed by atoms with Crippen LogP contribution in [0.2, 0.25) is 0 Å². The number of nitrogens with one attached hydrogen (secondary N) is 1. The molecule has 1 unspecified atom stereocenters. The largest absolute Gasteiger partial charge is 0.361 e. The molecule has 4 nitrogen and oxygen atoms in total. The second-order valence-electron chi connectivity index (χ2n) is 13.6. The van der Waals surface area contributed by atoms with E-state index < -0.39 is 0 Å². The molecule has 0 saturated heterocycles. The summed E-state index contributed by atoms with van der Waals surface area (Å²) >= 11 is 0. The number of rotatable bonds is 4. The van der Waals surface area contributed by atoms with E-state index in [2.05, 4.69) is 196 Å². The minimum atomic E-state index is 0.0352. The fraction of sp³-hybridized carbons (Fsp3) is 0.0208. The van der Waals surface area contributed by atoms with Gasteiger partial charge in [-0.2, -0.15) is 0 Å². The van der Waals surface area contributed by atoms with E-state index in [0.29, 0.717) is 0 Å². The molecule has 7 aromatic carbocycles. The number of dihydropyridines is 1. The first-order valence-electron chi connectivity index (χ1n) is 17.9. The summed E-state index contributed by atoms with van der Waals surface area (Å²) in [5.41, 5.74) is 7.97. The Hall–Kier alpha value is -6.91. The van der Waals surface area contributed by atoms with Crippen LogP contribution in [0.25, 0.3) is 88.1 Å². The lowest BCUT2D eigenvalue weighted by Crippen LogP contribution is -2.24. The predicted octanol–water partition coefficient (Wildman–Crippen LogP) is 12.0. The third kappa shape index (κ3) is 4.31. The molecule has 4 heterocycles. The van der Waals surface area contributed by atoms with Crippen LogP contribution in [0.5, 0.6) is 0 Å². The first-order chi connectivity index (χ1) is 25.8. The average Bonchev–Trinajstić information content (AvgIpc) is 3.71. The van der Waals surface area contributed by atoms with Gasteiger partial charge in [0.15, 0.2) is 0 Å². The summed E-state index contributed by atoms with van der Waals surface area (Å²) in [4.78, 5) is 5.35. The average molecular weight is 665 g/mol. The van der Waals surface area contributed by atoms with Crippen molar-refractivity contribution in [3.05, 3.63) is 188 Å². The van der Waals surface area contributed by atoms with Crippen LogP contribution in [0.15, 0.2) is 182 Å². The Morgan fingerprint density at radius 3 is 1.81 bits per heavy atom. The highest BCUT2D eigenvalue weighted by Crippen LogP contribution is 2.40. The summed E-state index contributed by atoms with van der Waals surface area (Å²) in [6.45, 7) is 0. The van der Waals surface area contributed by atoms with Gasteiger partial charge in [0.2, 0.25) is 0 Å². The van der Waals surface area contributed by atoms with E-state index in [9.17, 15) is 0 Å². The van der Waals surface area contributed by atoms with E-state index in [0.717, 1.165) is 33.9 Å². The Labute approximate surface area is 300 Å². The van der Waals surface area contributed by atoms with Gasteiger partial charge >= 0.3 is 0 Å². The summed E-state index contributed by atoms with van der Waals surface area (Å²) in [7, 11) is 0. The highest BCUT2D eigenvalue weighted by Gasteiger charge is 2.22. The van der Waals surface area contributed by atoms with Crippen molar-refractivity contribution < 1.29 is 0 Å². The SMILES string of the molecule is C1=CC(c2cccc3ccccc23)NC(n2c3ccccc3c3cc4c(cc32)c2ccccc2n4-c2cccc(-c3cccc4ccccc34)n2)=C1. The Balaban J connectivity index is 1.12. The summed E-state index contributed by atoms with van der Waals surface area (Å²) in [6.07, 6.45) is 6.64. The molecule has 0 fully saturated rings. The summed E-state index contributed by atoms with van der Waals surface area (Å²) in [5.74, 6) is 1.96. The first-order valence-corrected chi connectivity index (χ1v) is 17.9. The number of allylic oxidation sites excluding steroid dienone is 2. The molecule has 0 bridgehead atoms. The van der Waals surface area contributed by atoms with E-state index in [1.807, 2.05) is 0 Å². The van der Waals surface area contributed by atoms with Crippen molar-refractivity contribution in [1.82, 2.24) is 19.4 Å². The number of nitrogens with zero attached hydrogens (tertiary/aromatic N) is 3. The van der Waals surface area contributed by atoms with Crippen molar-refractivity contribution >= 4 is 71.0 Å². The van der Waals surface area contributed by atoms with Crippen molar-refractivity contribution in [3.8, 4) is 17.1 Å². The summed E-state index contributed by atoms with van der Waals surface area (Å²) in [6, 6.07) is 58.8. The highest BCUT2D eigenvalue weighted by atomic mass is 15.2. The molecule has 0 radical (unpaired) electrons. The van der Waals surface area contributed by atoms with Gasteiger partial charge in [-0.1, -0.05) is 140 Å². The van der Waals surface area contributed by atoms with Crippen LogP contribution in [-0.4, -0.2) is 14.1 Å². The van der Waals surface area contributed by atoms with Gasteiger partial charge in [-0.3, -0.25) is 9.13 Å². The molecule has 0 saturated carbocycles. The maximum atomic E-state index is 5.35. The Morgan fingerprint density at radius 1 is 0.462 bits per heavy atom. The topological polar surface area (TPSA) is 34.8 Å². The van der Waals surface area contributed by atoms with E-state index >= 15 is 0 Å². The molecular formula is C48H32N4. The number of hydrogen-bond donors (Lipinski definition) is 1. The van der Waals surface area contributed by atoms with Crippen molar-refractivity contribution in [2.45, 2.75) is 6.04 Å². The zero-order valence-electron chi connectivity index (χ0n) is 28.2. The van der Waals surface area contributed by atoms with Crippen molar-refractivity contribution in [2.75, 3.05) is 0 Å². The van der Waals surface area contributed by atoms with Crippen LogP contribution >= 0.6 is 0 Å². The van der Waals surface area contributed by atoms with Crippen LogP contribution in [0, 0.1) is 0 Å². The highest BCUT2D eigenvalue weighted by molar-refractivity contribution is 6.19. The van der Waals surface area contributed by atoms with Crippen LogP contribution in [-0.2, 0) is 0 Å². The molecule has 3 aromatic heterocycles. The molecule has 1 N–H and O–H groups in total. The van der Waals surface area contributed by atoms with Gasteiger partial charge in [0, 0.05) is 27.1 Å². The predicted molar refractivity (Wildman–Crippen MR) is 218 cm³/mol. The smallest absolute Gasteiger partial charge is 0.138 e. The van der Waals surface area contributed by atoms with Crippen LogP contribution < -0.4 is 5.32 Å². The maximum absolute atomic E-state index is 5.35. The number of aromatic nitrogens is 3. The van der Waals surface area contributed by atoms with Gasteiger partial charge in [-0.15, -0.1) is 0 Å². The van der Waals surface area contributed by atoms with Gasteiger partial charge in [0.25, 0.3) is 0 Å². The van der Waals surface area contributed by atoms with Gasteiger partial charge in [0.05, 0.1) is 33.8 Å².